The Morgan fingerprint density at radius 3 is 2.25 bits per heavy atom. The third kappa shape index (κ3) is 4.81. The molecule has 0 unspecified atom stereocenters. The van der Waals surface area contributed by atoms with Crippen LogP contribution in [0.2, 0.25) is 0 Å². The first-order valence-electron chi connectivity index (χ1n) is 8.26. The quantitative estimate of drug-likeness (QED) is 0.508. The van der Waals surface area contributed by atoms with Crippen LogP contribution in [-0.4, -0.2) is 64.3 Å². The van der Waals surface area contributed by atoms with Gasteiger partial charge in [-0.1, -0.05) is 19.8 Å². The van der Waals surface area contributed by atoms with Crippen molar-refractivity contribution < 1.29 is 34.6 Å². The highest BCUT2D eigenvalue weighted by molar-refractivity contribution is 5.31. The van der Waals surface area contributed by atoms with Gasteiger partial charge in [0.1, 0.15) is 35.9 Å². The first-order valence-corrected chi connectivity index (χ1v) is 8.26. The number of aliphatic hydroxyl groups excluding tert-OH is 4. The number of benzene rings is 1. The molecule has 2 rings (SSSR count). The van der Waals surface area contributed by atoms with Gasteiger partial charge in [-0.15, -0.1) is 0 Å². The zero-order valence-electron chi connectivity index (χ0n) is 13.7. The largest absolute Gasteiger partial charge is 0.494 e. The molecule has 1 aromatic carbocycles. The molecule has 0 spiro atoms. The Morgan fingerprint density at radius 1 is 0.958 bits per heavy atom. The van der Waals surface area contributed by atoms with Crippen LogP contribution in [0, 0.1) is 0 Å². The molecule has 1 heterocycles. The molecular weight excluding hydrogens is 316 g/mol. The Kier molecular flexibility index (Phi) is 7.26. The maximum atomic E-state index is 9.94. The molecule has 7 nitrogen and oxygen atoms in total. The molecule has 0 radical (unpaired) electrons. The maximum absolute atomic E-state index is 9.94. The van der Waals surface area contributed by atoms with Crippen molar-refractivity contribution in [1.29, 1.82) is 0 Å². The Balaban J connectivity index is 1.90. The standard InChI is InChI=1S/C17H26O7/c1-2-3-4-9-22-11-5-7-12(8-6-11)23-17-16(21)15(20)14(19)13(10-18)24-17/h5-8,13-21H,2-4,9-10H2,1H3/t13-,14-,15+,16-,17+/m1/s1. The monoisotopic (exact) mass is 342 g/mol. The Morgan fingerprint density at radius 2 is 1.62 bits per heavy atom. The van der Waals surface area contributed by atoms with Gasteiger partial charge in [0, 0.05) is 0 Å². The summed E-state index contributed by atoms with van der Waals surface area (Å²) in [5.74, 6) is 1.13. The average Bonchev–Trinajstić information content (AvgIpc) is 2.60. The molecule has 5 atom stereocenters. The lowest BCUT2D eigenvalue weighted by Crippen LogP contribution is -2.60. The minimum atomic E-state index is -1.46. The van der Waals surface area contributed by atoms with Gasteiger partial charge in [0.05, 0.1) is 13.2 Å². The van der Waals surface area contributed by atoms with Crippen molar-refractivity contribution in [2.45, 2.75) is 56.9 Å². The van der Waals surface area contributed by atoms with E-state index in [9.17, 15) is 15.3 Å². The Bertz CT molecular complexity index is 476. The molecule has 136 valence electrons. The predicted octanol–water partition coefficient (Wildman–Crippen LogP) is 0.434. The van der Waals surface area contributed by atoms with E-state index in [0.717, 1.165) is 19.3 Å². The van der Waals surface area contributed by atoms with Crippen LogP contribution >= 0.6 is 0 Å². The summed E-state index contributed by atoms with van der Waals surface area (Å²) in [6.45, 7) is 2.29. The third-order valence-electron chi connectivity index (χ3n) is 3.94. The smallest absolute Gasteiger partial charge is 0.229 e. The Hall–Kier alpha value is -1.38. The second-order valence-electron chi connectivity index (χ2n) is 5.84. The van der Waals surface area contributed by atoms with E-state index in [0.29, 0.717) is 18.1 Å². The topological polar surface area (TPSA) is 109 Å². The van der Waals surface area contributed by atoms with Gasteiger partial charge < -0.3 is 34.6 Å². The van der Waals surface area contributed by atoms with Crippen LogP contribution in [0.25, 0.3) is 0 Å². The zero-order chi connectivity index (χ0) is 17.5. The minimum absolute atomic E-state index is 0.417. The molecule has 0 amide bonds. The van der Waals surface area contributed by atoms with Crippen LogP contribution in [0.3, 0.4) is 0 Å². The molecular formula is C17H26O7. The van der Waals surface area contributed by atoms with E-state index in [2.05, 4.69) is 6.92 Å². The lowest BCUT2D eigenvalue weighted by Gasteiger charge is -2.39. The highest BCUT2D eigenvalue weighted by Gasteiger charge is 2.44. The maximum Gasteiger partial charge on any atom is 0.229 e. The first-order chi connectivity index (χ1) is 11.6. The van der Waals surface area contributed by atoms with E-state index in [1.54, 1.807) is 24.3 Å². The van der Waals surface area contributed by atoms with Crippen molar-refractivity contribution in [3.63, 3.8) is 0 Å². The summed E-state index contributed by atoms with van der Waals surface area (Å²) in [4.78, 5) is 0. The second kappa shape index (κ2) is 9.19. The van der Waals surface area contributed by atoms with Gasteiger partial charge in [0.2, 0.25) is 6.29 Å². The highest BCUT2D eigenvalue weighted by Crippen LogP contribution is 2.25. The SMILES string of the molecule is CCCCCOc1ccc(O[C@H]2O[C@H](CO)[C@@H](O)[C@H](O)[C@H]2O)cc1. The number of aliphatic hydroxyl groups is 4. The van der Waals surface area contributed by atoms with Gasteiger partial charge in [-0.2, -0.15) is 0 Å². The number of hydrogen-bond acceptors (Lipinski definition) is 7. The fraction of sp³-hybridized carbons (Fsp3) is 0.647. The Labute approximate surface area is 141 Å². The minimum Gasteiger partial charge on any atom is -0.494 e. The average molecular weight is 342 g/mol. The summed E-state index contributed by atoms with van der Waals surface area (Å²) in [6, 6.07) is 6.81. The van der Waals surface area contributed by atoms with E-state index in [1.807, 2.05) is 0 Å². The lowest BCUT2D eigenvalue weighted by molar-refractivity contribution is -0.277. The van der Waals surface area contributed by atoms with Gasteiger partial charge >= 0.3 is 0 Å². The summed E-state index contributed by atoms with van der Waals surface area (Å²) in [6.07, 6.45) is -3.20. The van der Waals surface area contributed by atoms with Crippen molar-refractivity contribution in [2.75, 3.05) is 13.2 Å². The number of hydrogen-bond donors (Lipinski definition) is 4. The van der Waals surface area contributed by atoms with E-state index in [1.165, 1.54) is 0 Å². The summed E-state index contributed by atoms with van der Waals surface area (Å²) in [5.41, 5.74) is 0. The van der Waals surface area contributed by atoms with E-state index in [-0.39, 0.29) is 0 Å². The number of ether oxygens (including phenoxy) is 3. The van der Waals surface area contributed by atoms with Crippen molar-refractivity contribution in [1.82, 2.24) is 0 Å². The third-order valence-corrected chi connectivity index (χ3v) is 3.94. The van der Waals surface area contributed by atoms with Crippen LogP contribution in [0.15, 0.2) is 24.3 Å². The zero-order valence-corrected chi connectivity index (χ0v) is 13.7. The van der Waals surface area contributed by atoms with Crippen LogP contribution in [0.5, 0.6) is 11.5 Å². The van der Waals surface area contributed by atoms with Gasteiger partial charge in [-0.3, -0.25) is 0 Å². The lowest BCUT2D eigenvalue weighted by atomic mass is 9.99. The predicted molar refractivity (Wildman–Crippen MR) is 85.9 cm³/mol. The summed E-state index contributed by atoms with van der Waals surface area (Å²) >= 11 is 0. The molecule has 4 N–H and O–H groups in total. The molecule has 1 fully saturated rings. The van der Waals surface area contributed by atoms with Crippen molar-refractivity contribution in [2.24, 2.45) is 0 Å². The normalized spacial score (nSPS) is 30.1. The van der Waals surface area contributed by atoms with E-state index in [4.69, 9.17) is 19.3 Å². The second-order valence-corrected chi connectivity index (χ2v) is 5.84. The van der Waals surface area contributed by atoms with Gasteiger partial charge in [0.15, 0.2) is 0 Å². The molecule has 0 aliphatic carbocycles. The summed E-state index contributed by atoms with van der Waals surface area (Å²) in [7, 11) is 0. The van der Waals surface area contributed by atoms with Gasteiger partial charge in [-0.25, -0.2) is 0 Å². The van der Waals surface area contributed by atoms with E-state index < -0.39 is 37.3 Å². The highest BCUT2D eigenvalue weighted by atomic mass is 16.7. The first kappa shape index (κ1) is 19.0. The van der Waals surface area contributed by atoms with Gasteiger partial charge in [-0.05, 0) is 30.7 Å². The molecule has 0 saturated carbocycles. The molecule has 1 aliphatic rings. The van der Waals surface area contributed by atoms with Crippen molar-refractivity contribution in [3.8, 4) is 11.5 Å². The van der Waals surface area contributed by atoms with Crippen LogP contribution in [0.1, 0.15) is 26.2 Å². The summed E-state index contributed by atoms with van der Waals surface area (Å²) < 4.78 is 16.4. The molecule has 0 aromatic heterocycles. The van der Waals surface area contributed by atoms with Crippen molar-refractivity contribution in [3.05, 3.63) is 24.3 Å². The fourth-order valence-electron chi connectivity index (χ4n) is 2.46. The van der Waals surface area contributed by atoms with Crippen molar-refractivity contribution >= 4 is 0 Å². The fourth-order valence-corrected chi connectivity index (χ4v) is 2.46. The molecule has 1 aromatic rings. The molecule has 7 heteroatoms. The molecule has 24 heavy (non-hydrogen) atoms. The van der Waals surface area contributed by atoms with Crippen LogP contribution in [0.4, 0.5) is 0 Å². The van der Waals surface area contributed by atoms with E-state index >= 15 is 0 Å². The molecule has 1 aliphatic heterocycles. The van der Waals surface area contributed by atoms with Gasteiger partial charge in [0.25, 0.3) is 0 Å². The summed E-state index contributed by atoms with van der Waals surface area (Å²) in [5, 5.41) is 38.6. The molecule has 0 bridgehead atoms. The number of unbranched alkanes of at least 4 members (excludes halogenated alkanes) is 2. The number of rotatable bonds is 8. The molecule has 1 saturated heterocycles. The van der Waals surface area contributed by atoms with Crippen LogP contribution in [-0.2, 0) is 4.74 Å². The van der Waals surface area contributed by atoms with Crippen LogP contribution < -0.4 is 9.47 Å².